The largest absolute Gasteiger partial charge is 0.507 e. The standard InChI is InChI=1S/C29H31N3O2/c1-3-21(2)13-10-11-20-34-25-19-12-18-24(33)26(25)29-31-27(22-14-6-4-7-15-22)30-28(32-29)23-16-8-5-9-17-23/h4-9,12,14-19,21,33H,3,10-11,13,20H2,1-2H3. The molecule has 0 spiro atoms. The average molecular weight is 454 g/mol. The van der Waals surface area contributed by atoms with Crippen molar-refractivity contribution in [3.63, 3.8) is 0 Å². The third-order valence-corrected chi connectivity index (χ3v) is 5.97. The van der Waals surface area contributed by atoms with Gasteiger partial charge in [0.15, 0.2) is 17.5 Å². The number of ether oxygens (including phenoxy) is 1. The number of hydrogen-bond acceptors (Lipinski definition) is 5. The van der Waals surface area contributed by atoms with Crippen molar-refractivity contribution < 1.29 is 9.84 Å². The highest BCUT2D eigenvalue weighted by atomic mass is 16.5. The molecule has 1 atom stereocenters. The average Bonchev–Trinajstić information content (AvgIpc) is 2.89. The minimum atomic E-state index is 0.0846. The highest BCUT2D eigenvalue weighted by Crippen LogP contribution is 2.37. The second-order valence-electron chi connectivity index (χ2n) is 8.55. The van der Waals surface area contributed by atoms with E-state index in [1.165, 1.54) is 12.8 Å². The van der Waals surface area contributed by atoms with Gasteiger partial charge in [-0.15, -0.1) is 0 Å². The van der Waals surface area contributed by atoms with Gasteiger partial charge in [0.05, 0.1) is 6.61 Å². The third-order valence-electron chi connectivity index (χ3n) is 5.97. The van der Waals surface area contributed by atoms with Gasteiger partial charge < -0.3 is 9.84 Å². The second kappa shape index (κ2) is 11.4. The fraction of sp³-hybridized carbons (Fsp3) is 0.276. The number of rotatable bonds is 10. The summed E-state index contributed by atoms with van der Waals surface area (Å²) in [6, 6.07) is 24.9. The van der Waals surface area contributed by atoms with Gasteiger partial charge in [-0.1, -0.05) is 93.4 Å². The van der Waals surface area contributed by atoms with Gasteiger partial charge >= 0.3 is 0 Å². The van der Waals surface area contributed by atoms with E-state index in [0.29, 0.717) is 35.4 Å². The van der Waals surface area contributed by atoms with Crippen molar-refractivity contribution in [1.29, 1.82) is 0 Å². The van der Waals surface area contributed by atoms with Crippen molar-refractivity contribution in [2.24, 2.45) is 5.92 Å². The first kappa shape index (κ1) is 23.4. The van der Waals surface area contributed by atoms with E-state index in [9.17, 15) is 5.11 Å². The molecule has 1 heterocycles. The van der Waals surface area contributed by atoms with Crippen LogP contribution in [0.3, 0.4) is 0 Å². The lowest BCUT2D eigenvalue weighted by Crippen LogP contribution is -2.04. The van der Waals surface area contributed by atoms with Gasteiger partial charge in [0, 0.05) is 11.1 Å². The lowest BCUT2D eigenvalue weighted by molar-refractivity contribution is 0.299. The zero-order valence-electron chi connectivity index (χ0n) is 19.8. The molecule has 0 saturated heterocycles. The van der Waals surface area contributed by atoms with Crippen LogP contribution in [0.2, 0.25) is 0 Å². The molecular weight excluding hydrogens is 422 g/mol. The summed E-state index contributed by atoms with van der Waals surface area (Å²) in [6.45, 7) is 5.08. The first-order valence-corrected chi connectivity index (χ1v) is 12.0. The van der Waals surface area contributed by atoms with E-state index < -0.39 is 0 Å². The van der Waals surface area contributed by atoms with Gasteiger partial charge in [-0.25, -0.2) is 15.0 Å². The quantitative estimate of drug-likeness (QED) is 0.258. The summed E-state index contributed by atoms with van der Waals surface area (Å²) >= 11 is 0. The van der Waals surface area contributed by atoms with Crippen LogP contribution in [0.5, 0.6) is 11.5 Å². The number of aromatic hydroxyl groups is 1. The molecule has 0 aliphatic heterocycles. The monoisotopic (exact) mass is 453 g/mol. The molecule has 1 unspecified atom stereocenters. The van der Waals surface area contributed by atoms with Gasteiger partial charge in [0.25, 0.3) is 0 Å². The van der Waals surface area contributed by atoms with E-state index in [2.05, 4.69) is 13.8 Å². The third kappa shape index (κ3) is 5.79. The van der Waals surface area contributed by atoms with Crippen molar-refractivity contribution in [2.45, 2.75) is 39.5 Å². The Morgan fingerprint density at radius 1 is 0.735 bits per heavy atom. The van der Waals surface area contributed by atoms with Crippen LogP contribution >= 0.6 is 0 Å². The summed E-state index contributed by atoms with van der Waals surface area (Å²) in [5.41, 5.74) is 2.25. The molecule has 0 aliphatic carbocycles. The number of benzene rings is 3. The molecule has 0 fully saturated rings. The molecule has 4 aromatic rings. The molecule has 5 nitrogen and oxygen atoms in total. The summed E-state index contributed by atoms with van der Waals surface area (Å²) in [5, 5.41) is 10.8. The minimum absolute atomic E-state index is 0.0846. The van der Waals surface area contributed by atoms with Gasteiger partial charge in [-0.05, 0) is 30.9 Å². The number of nitrogens with zero attached hydrogens (tertiary/aromatic N) is 3. The van der Waals surface area contributed by atoms with Crippen LogP contribution in [-0.4, -0.2) is 26.7 Å². The van der Waals surface area contributed by atoms with E-state index in [4.69, 9.17) is 19.7 Å². The van der Waals surface area contributed by atoms with Crippen LogP contribution in [0.25, 0.3) is 34.2 Å². The number of phenolic OH excluding ortho intramolecular Hbond substituents is 1. The van der Waals surface area contributed by atoms with Crippen LogP contribution in [0, 0.1) is 5.92 Å². The Balaban J connectivity index is 1.69. The SMILES string of the molecule is CCC(C)CCCCOc1cccc(O)c1-c1nc(-c2ccccc2)nc(-c2ccccc2)n1. The molecule has 1 N–H and O–H groups in total. The van der Waals surface area contributed by atoms with Crippen LogP contribution < -0.4 is 4.74 Å². The zero-order chi connectivity index (χ0) is 23.8. The Bertz CT molecular complexity index is 1140. The lowest BCUT2D eigenvalue weighted by atomic mass is 10.0. The summed E-state index contributed by atoms with van der Waals surface area (Å²) in [7, 11) is 0. The highest BCUT2D eigenvalue weighted by molar-refractivity contribution is 5.74. The van der Waals surface area contributed by atoms with Gasteiger partial charge in [0.2, 0.25) is 0 Å². The fourth-order valence-corrected chi connectivity index (χ4v) is 3.77. The van der Waals surface area contributed by atoms with Crippen molar-refractivity contribution in [3.05, 3.63) is 78.9 Å². The van der Waals surface area contributed by atoms with Crippen LogP contribution in [0.1, 0.15) is 39.5 Å². The molecule has 4 rings (SSSR count). The summed E-state index contributed by atoms with van der Waals surface area (Å²) in [6.07, 6.45) is 4.47. The smallest absolute Gasteiger partial charge is 0.171 e. The van der Waals surface area contributed by atoms with Crippen molar-refractivity contribution in [1.82, 2.24) is 15.0 Å². The normalized spacial score (nSPS) is 11.8. The van der Waals surface area contributed by atoms with E-state index in [0.717, 1.165) is 29.9 Å². The molecule has 0 aliphatic rings. The first-order valence-electron chi connectivity index (χ1n) is 12.0. The highest BCUT2D eigenvalue weighted by Gasteiger charge is 2.18. The molecule has 174 valence electrons. The predicted octanol–water partition coefficient (Wildman–Crippen LogP) is 7.17. The molecule has 0 amide bonds. The van der Waals surface area contributed by atoms with Crippen LogP contribution in [0.15, 0.2) is 78.9 Å². The number of unbranched alkanes of at least 4 members (excludes halogenated alkanes) is 1. The van der Waals surface area contributed by atoms with Crippen molar-refractivity contribution in [2.75, 3.05) is 6.61 Å². The fourth-order valence-electron chi connectivity index (χ4n) is 3.77. The van der Waals surface area contributed by atoms with Gasteiger partial charge in [-0.2, -0.15) is 0 Å². The lowest BCUT2D eigenvalue weighted by Gasteiger charge is -2.14. The Morgan fingerprint density at radius 3 is 1.91 bits per heavy atom. The van der Waals surface area contributed by atoms with E-state index in [1.54, 1.807) is 12.1 Å². The van der Waals surface area contributed by atoms with E-state index in [-0.39, 0.29) is 5.75 Å². The molecule has 5 heteroatoms. The van der Waals surface area contributed by atoms with Crippen molar-refractivity contribution in [3.8, 4) is 45.7 Å². The summed E-state index contributed by atoms with van der Waals surface area (Å²) in [5.74, 6) is 2.88. The molecule has 0 bridgehead atoms. The van der Waals surface area contributed by atoms with Gasteiger partial charge in [0.1, 0.15) is 17.1 Å². The molecular formula is C29H31N3O2. The maximum absolute atomic E-state index is 10.8. The van der Waals surface area contributed by atoms with E-state index in [1.807, 2.05) is 66.7 Å². The zero-order valence-corrected chi connectivity index (χ0v) is 19.8. The Kier molecular flexibility index (Phi) is 7.87. The molecule has 34 heavy (non-hydrogen) atoms. The molecule has 1 aromatic heterocycles. The maximum Gasteiger partial charge on any atom is 0.171 e. The van der Waals surface area contributed by atoms with Gasteiger partial charge in [-0.3, -0.25) is 0 Å². The summed E-state index contributed by atoms with van der Waals surface area (Å²) in [4.78, 5) is 14.2. The molecule has 0 saturated carbocycles. The van der Waals surface area contributed by atoms with Crippen LogP contribution in [-0.2, 0) is 0 Å². The predicted molar refractivity (Wildman–Crippen MR) is 137 cm³/mol. The van der Waals surface area contributed by atoms with Crippen LogP contribution in [0.4, 0.5) is 0 Å². The molecule has 3 aromatic carbocycles. The topological polar surface area (TPSA) is 68.1 Å². The van der Waals surface area contributed by atoms with E-state index >= 15 is 0 Å². The number of hydrogen-bond donors (Lipinski definition) is 1. The Morgan fingerprint density at radius 2 is 1.32 bits per heavy atom. The first-order chi connectivity index (χ1) is 16.7. The summed E-state index contributed by atoms with van der Waals surface area (Å²) < 4.78 is 6.12. The maximum atomic E-state index is 10.8. The number of phenols is 1. The minimum Gasteiger partial charge on any atom is -0.507 e. The molecule has 0 radical (unpaired) electrons. The second-order valence-corrected chi connectivity index (χ2v) is 8.55. The number of aromatic nitrogens is 3. The Labute approximate surface area is 201 Å². The Hall–Kier alpha value is -3.73. The van der Waals surface area contributed by atoms with Crippen molar-refractivity contribution >= 4 is 0 Å².